The average Bonchev–Trinajstić information content (AvgIpc) is 2.61. The Balaban J connectivity index is 1.69. The first-order valence-corrected chi connectivity index (χ1v) is 8.95. The Morgan fingerprint density at radius 3 is 2.76 bits per heavy atom. The molecule has 128 valence electrons. The normalized spacial score (nSPS) is 20.8. The summed E-state index contributed by atoms with van der Waals surface area (Å²) in [7, 11) is 0. The molecule has 0 bridgehead atoms. The van der Waals surface area contributed by atoms with E-state index in [1.807, 2.05) is 12.1 Å². The molecule has 2 atom stereocenters. The molecule has 6 heteroatoms. The van der Waals surface area contributed by atoms with E-state index in [0.717, 1.165) is 33.3 Å². The van der Waals surface area contributed by atoms with Gasteiger partial charge in [-0.15, -0.1) is 0 Å². The van der Waals surface area contributed by atoms with Gasteiger partial charge in [0, 0.05) is 30.0 Å². The zero-order valence-electron chi connectivity index (χ0n) is 13.7. The lowest BCUT2D eigenvalue weighted by Crippen LogP contribution is -2.43. The molecular weight excluding hydrogens is 385 g/mol. The van der Waals surface area contributed by atoms with Crippen LogP contribution in [0, 0.1) is 5.82 Å². The molecular formula is C19H17BrFN3O. The van der Waals surface area contributed by atoms with Crippen molar-refractivity contribution < 1.29 is 9.13 Å². The van der Waals surface area contributed by atoms with Crippen LogP contribution in [0.25, 0.3) is 11.0 Å². The summed E-state index contributed by atoms with van der Waals surface area (Å²) in [5.74, 6) is -0.237. The number of hydrogen-bond donors (Lipinski definition) is 0. The van der Waals surface area contributed by atoms with Crippen molar-refractivity contribution in [1.29, 1.82) is 0 Å². The first-order chi connectivity index (χ1) is 12.1. The number of pyridine rings is 2. The molecule has 0 amide bonds. The smallest absolute Gasteiger partial charge is 0.123 e. The minimum Gasteiger partial charge on any atom is -0.367 e. The maximum Gasteiger partial charge on any atom is 0.123 e. The van der Waals surface area contributed by atoms with Crippen LogP contribution < -0.4 is 4.90 Å². The summed E-state index contributed by atoms with van der Waals surface area (Å²) in [5, 5.41) is 0. The lowest BCUT2D eigenvalue weighted by molar-refractivity contribution is -0.0173. The fourth-order valence-corrected chi connectivity index (χ4v) is 3.58. The Morgan fingerprint density at radius 1 is 1.16 bits per heavy atom. The number of halogens is 2. The summed E-state index contributed by atoms with van der Waals surface area (Å²) in [4.78, 5) is 11.2. The minimum atomic E-state index is -0.237. The van der Waals surface area contributed by atoms with Crippen molar-refractivity contribution in [3.63, 3.8) is 0 Å². The van der Waals surface area contributed by atoms with Gasteiger partial charge in [0.25, 0.3) is 0 Å². The molecule has 0 aliphatic carbocycles. The molecule has 25 heavy (non-hydrogen) atoms. The lowest BCUT2D eigenvalue weighted by Gasteiger charge is -2.38. The van der Waals surface area contributed by atoms with Crippen molar-refractivity contribution in [2.75, 3.05) is 18.0 Å². The van der Waals surface area contributed by atoms with Gasteiger partial charge in [-0.25, -0.2) is 4.39 Å². The van der Waals surface area contributed by atoms with E-state index >= 15 is 0 Å². The highest BCUT2D eigenvalue weighted by molar-refractivity contribution is 9.10. The van der Waals surface area contributed by atoms with Crippen LogP contribution in [-0.2, 0) is 4.74 Å². The van der Waals surface area contributed by atoms with Gasteiger partial charge in [0.1, 0.15) is 17.4 Å². The molecule has 0 saturated carbocycles. The highest BCUT2D eigenvalue weighted by Gasteiger charge is 2.28. The van der Waals surface area contributed by atoms with Gasteiger partial charge in [-0.3, -0.25) is 9.97 Å². The van der Waals surface area contributed by atoms with Crippen LogP contribution in [-0.4, -0.2) is 29.2 Å². The van der Waals surface area contributed by atoms with Crippen LogP contribution >= 0.6 is 15.9 Å². The molecule has 1 aliphatic rings. The largest absolute Gasteiger partial charge is 0.367 e. The summed E-state index contributed by atoms with van der Waals surface area (Å²) >= 11 is 3.44. The lowest BCUT2D eigenvalue weighted by atomic mass is 10.1. The van der Waals surface area contributed by atoms with E-state index in [2.05, 4.69) is 37.7 Å². The predicted octanol–water partition coefficient (Wildman–Crippen LogP) is 4.50. The van der Waals surface area contributed by atoms with Gasteiger partial charge in [0.15, 0.2) is 0 Å². The monoisotopic (exact) mass is 401 g/mol. The number of rotatable bonds is 2. The zero-order valence-corrected chi connectivity index (χ0v) is 15.3. The third kappa shape index (κ3) is 3.37. The van der Waals surface area contributed by atoms with Gasteiger partial charge >= 0.3 is 0 Å². The third-order valence-electron chi connectivity index (χ3n) is 4.37. The summed E-state index contributed by atoms with van der Waals surface area (Å²) < 4.78 is 20.2. The van der Waals surface area contributed by atoms with E-state index in [1.165, 1.54) is 12.1 Å². The molecule has 1 aliphatic heterocycles. The number of benzene rings is 1. The van der Waals surface area contributed by atoms with E-state index in [9.17, 15) is 4.39 Å². The van der Waals surface area contributed by atoms with Crippen molar-refractivity contribution >= 4 is 32.7 Å². The van der Waals surface area contributed by atoms with Crippen LogP contribution in [0.3, 0.4) is 0 Å². The standard InChI is InChI=1S/C19H17BrFN3O/c1-12-10-24(11-18(25-12)13-2-4-15(21)5-3-13)17-6-7-22-16-8-14(20)9-23-19(16)17/h2-9,12,18H,10-11H2,1H3. The van der Waals surface area contributed by atoms with Crippen molar-refractivity contribution in [2.24, 2.45) is 0 Å². The van der Waals surface area contributed by atoms with Crippen molar-refractivity contribution in [3.8, 4) is 0 Å². The number of hydrogen-bond acceptors (Lipinski definition) is 4. The Bertz CT molecular complexity index is 903. The molecule has 2 aromatic heterocycles. The van der Waals surface area contributed by atoms with Crippen LogP contribution in [0.4, 0.5) is 10.1 Å². The molecule has 0 spiro atoms. The van der Waals surface area contributed by atoms with Crippen LogP contribution in [0.2, 0.25) is 0 Å². The van der Waals surface area contributed by atoms with Gasteiger partial charge in [0.05, 0.1) is 17.3 Å². The van der Waals surface area contributed by atoms with Gasteiger partial charge in [-0.2, -0.15) is 0 Å². The molecule has 4 nitrogen and oxygen atoms in total. The summed E-state index contributed by atoms with van der Waals surface area (Å²) in [6.45, 7) is 3.51. The highest BCUT2D eigenvalue weighted by Crippen LogP contribution is 2.32. The van der Waals surface area contributed by atoms with Crippen LogP contribution in [0.5, 0.6) is 0 Å². The van der Waals surface area contributed by atoms with Gasteiger partial charge in [-0.1, -0.05) is 12.1 Å². The number of morpholine rings is 1. The van der Waals surface area contributed by atoms with E-state index in [1.54, 1.807) is 24.5 Å². The zero-order chi connectivity index (χ0) is 17.4. The quantitative estimate of drug-likeness (QED) is 0.633. The number of anilines is 1. The SMILES string of the molecule is CC1CN(c2ccnc3cc(Br)cnc23)CC(c2ccc(F)cc2)O1. The molecule has 1 saturated heterocycles. The van der Waals surface area contributed by atoms with Crippen molar-refractivity contribution in [2.45, 2.75) is 19.1 Å². The molecule has 2 unspecified atom stereocenters. The summed E-state index contributed by atoms with van der Waals surface area (Å²) in [6.07, 6.45) is 3.54. The Labute approximate surface area is 153 Å². The van der Waals surface area contributed by atoms with Gasteiger partial charge in [0.2, 0.25) is 0 Å². The minimum absolute atomic E-state index is 0.0578. The van der Waals surface area contributed by atoms with Crippen LogP contribution in [0.1, 0.15) is 18.6 Å². The summed E-state index contributed by atoms with van der Waals surface area (Å²) in [5.41, 5.74) is 3.74. The number of fused-ring (bicyclic) bond motifs is 1. The van der Waals surface area contributed by atoms with E-state index < -0.39 is 0 Å². The number of nitrogens with zero attached hydrogens (tertiary/aromatic N) is 3. The fraction of sp³-hybridized carbons (Fsp3) is 0.263. The molecule has 3 heterocycles. The molecule has 1 fully saturated rings. The second-order valence-corrected chi connectivity index (χ2v) is 7.16. The molecule has 3 aromatic rings. The molecule has 0 N–H and O–H groups in total. The van der Waals surface area contributed by atoms with E-state index in [0.29, 0.717) is 6.54 Å². The maximum absolute atomic E-state index is 13.2. The maximum atomic E-state index is 13.2. The van der Waals surface area contributed by atoms with E-state index in [-0.39, 0.29) is 18.0 Å². The van der Waals surface area contributed by atoms with Crippen LogP contribution in [0.15, 0.2) is 53.3 Å². The number of ether oxygens (including phenoxy) is 1. The second-order valence-electron chi connectivity index (χ2n) is 6.24. The number of aromatic nitrogens is 2. The third-order valence-corrected chi connectivity index (χ3v) is 4.80. The van der Waals surface area contributed by atoms with Crippen molar-refractivity contribution in [1.82, 2.24) is 9.97 Å². The molecule has 0 radical (unpaired) electrons. The summed E-state index contributed by atoms with van der Waals surface area (Å²) in [6, 6.07) is 10.5. The second kappa shape index (κ2) is 6.69. The van der Waals surface area contributed by atoms with E-state index in [4.69, 9.17) is 4.74 Å². The fourth-order valence-electron chi connectivity index (χ4n) is 3.26. The van der Waals surface area contributed by atoms with Gasteiger partial charge in [-0.05, 0) is 52.7 Å². The Morgan fingerprint density at radius 2 is 1.96 bits per heavy atom. The average molecular weight is 402 g/mol. The Kier molecular flexibility index (Phi) is 4.39. The predicted molar refractivity (Wildman–Crippen MR) is 99.1 cm³/mol. The molecule has 4 rings (SSSR count). The van der Waals surface area contributed by atoms with Crippen molar-refractivity contribution in [3.05, 3.63) is 64.6 Å². The first kappa shape index (κ1) is 16.4. The topological polar surface area (TPSA) is 38.2 Å². The highest BCUT2D eigenvalue weighted by atomic mass is 79.9. The Hall–Kier alpha value is -2.05. The first-order valence-electron chi connectivity index (χ1n) is 8.16. The molecule has 1 aromatic carbocycles. The van der Waals surface area contributed by atoms with Gasteiger partial charge < -0.3 is 9.64 Å².